The highest BCUT2D eigenvalue weighted by atomic mass is 16.5. The van der Waals surface area contributed by atoms with E-state index in [1.54, 1.807) is 0 Å². The largest absolute Gasteiger partial charge is 0.565 e. The van der Waals surface area contributed by atoms with Crippen LogP contribution in [0.3, 0.4) is 0 Å². The summed E-state index contributed by atoms with van der Waals surface area (Å²) in [6, 6.07) is 10.2. The first-order valence-corrected chi connectivity index (χ1v) is 6.99. The Morgan fingerprint density at radius 1 is 1.21 bits per heavy atom. The molecule has 0 aliphatic rings. The summed E-state index contributed by atoms with van der Waals surface area (Å²) in [5, 5.41) is 0. The standard InChI is InChI=1S/C16H25BO2/c1-13(2)16(11-14(3)19-17(4)5)18-12-15-9-7-6-8-10-15/h6-10,13,16H,3,11-12H2,1-2,4-5H3/t16-/m0/s1. The molecule has 0 unspecified atom stereocenters. The number of benzene rings is 1. The van der Waals surface area contributed by atoms with Crippen molar-refractivity contribution in [3.8, 4) is 0 Å². The molecule has 19 heavy (non-hydrogen) atoms. The molecule has 0 radical (unpaired) electrons. The second-order valence-electron chi connectivity index (χ2n) is 5.49. The van der Waals surface area contributed by atoms with E-state index in [9.17, 15) is 0 Å². The van der Waals surface area contributed by atoms with Crippen molar-refractivity contribution in [1.29, 1.82) is 0 Å². The van der Waals surface area contributed by atoms with Crippen molar-refractivity contribution < 1.29 is 9.39 Å². The van der Waals surface area contributed by atoms with Crippen LogP contribution in [0.15, 0.2) is 42.7 Å². The Hall–Kier alpha value is -1.22. The van der Waals surface area contributed by atoms with Crippen LogP contribution in [0.4, 0.5) is 0 Å². The highest BCUT2D eigenvalue weighted by molar-refractivity contribution is 6.48. The minimum absolute atomic E-state index is 0.145. The van der Waals surface area contributed by atoms with Crippen LogP contribution in [0.2, 0.25) is 13.6 Å². The number of hydrogen-bond acceptors (Lipinski definition) is 2. The molecule has 1 atom stereocenters. The smallest absolute Gasteiger partial charge is 0.351 e. The average molecular weight is 260 g/mol. The van der Waals surface area contributed by atoms with Gasteiger partial charge in [0.05, 0.1) is 18.5 Å². The predicted molar refractivity (Wildman–Crippen MR) is 82.2 cm³/mol. The Bertz CT molecular complexity index is 374. The Kier molecular flexibility index (Phi) is 6.72. The van der Waals surface area contributed by atoms with Crippen molar-refractivity contribution in [2.45, 2.75) is 46.6 Å². The van der Waals surface area contributed by atoms with Gasteiger partial charge in [-0.05, 0) is 25.1 Å². The quantitative estimate of drug-likeness (QED) is 0.509. The summed E-state index contributed by atoms with van der Waals surface area (Å²) in [5.41, 5.74) is 1.20. The molecule has 1 aromatic carbocycles. The van der Waals surface area contributed by atoms with Crippen molar-refractivity contribution >= 4 is 6.92 Å². The van der Waals surface area contributed by atoms with Crippen molar-refractivity contribution in [2.24, 2.45) is 5.92 Å². The van der Waals surface area contributed by atoms with Gasteiger partial charge in [-0.1, -0.05) is 50.8 Å². The fourth-order valence-corrected chi connectivity index (χ4v) is 1.87. The second kappa shape index (κ2) is 8.06. The van der Waals surface area contributed by atoms with E-state index in [-0.39, 0.29) is 13.0 Å². The minimum Gasteiger partial charge on any atom is -0.565 e. The van der Waals surface area contributed by atoms with Gasteiger partial charge in [0.25, 0.3) is 0 Å². The average Bonchev–Trinajstić information content (AvgIpc) is 2.34. The molecular weight excluding hydrogens is 235 g/mol. The maximum Gasteiger partial charge on any atom is 0.351 e. The van der Waals surface area contributed by atoms with Crippen LogP contribution in [0.25, 0.3) is 0 Å². The highest BCUT2D eigenvalue weighted by Gasteiger charge is 2.17. The van der Waals surface area contributed by atoms with E-state index in [0.29, 0.717) is 12.5 Å². The Balaban J connectivity index is 2.47. The zero-order chi connectivity index (χ0) is 14.3. The van der Waals surface area contributed by atoms with E-state index in [1.165, 1.54) is 5.56 Å². The summed E-state index contributed by atoms with van der Waals surface area (Å²) in [5.74, 6) is 1.25. The summed E-state index contributed by atoms with van der Waals surface area (Å²) in [6.07, 6.45) is 0.898. The van der Waals surface area contributed by atoms with E-state index >= 15 is 0 Å². The summed E-state index contributed by atoms with van der Waals surface area (Å²) in [6.45, 7) is 13.1. The molecule has 0 spiro atoms. The molecule has 0 N–H and O–H groups in total. The number of rotatable bonds is 8. The fraction of sp³-hybridized carbons (Fsp3) is 0.500. The normalized spacial score (nSPS) is 12.3. The van der Waals surface area contributed by atoms with Gasteiger partial charge in [0.15, 0.2) is 0 Å². The molecule has 0 heterocycles. The lowest BCUT2D eigenvalue weighted by Gasteiger charge is -2.23. The van der Waals surface area contributed by atoms with Gasteiger partial charge in [0, 0.05) is 6.42 Å². The molecular formula is C16H25BO2. The molecule has 1 rings (SSSR count). The van der Waals surface area contributed by atoms with Gasteiger partial charge in [-0.25, -0.2) is 0 Å². The molecule has 0 saturated heterocycles. The van der Waals surface area contributed by atoms with Crippen LogP contribution in [0.5, 0.6) is 0 Å². The molecule has 1 aromatic rings. The summed E-state index contributed by atoms with van der Waals surface area (Å²) < 4.78 is 11.6. The van der Waals surface area contributed by atoms with Crippen LogP contribution >= 0.6 is 0 Å². The lowest BCUT2D eigenvalue weighted by molar-refractivity contribution is 0.00625. The SMILES string of the molecule is C=C(C[C@H](OCc1ccccc1)C(C)C)OB(C)C. The van der Waals surface area contributed by atoms with Crippen LogP contribution in [0.1, 0.15) is 25.8 Å². The second-order valence-corrected chi connectivity index (χ2v) is 5.49. The van der Waals surface area contributed by atoms with E-state index < -0.39 is 0 Å². The molecule has 104 valence electrons. The van der Waals surface area contributed by atoms with Gasteiger partial charge in [0.2, 0.25) is 0 Å². The van der Waals surface area contributed by atoms with Gasteiger partial charge in [-0.15, -0.1) is 0 Å². The molecule has 3 heteroatoms. The van der Waals surface area contributed by atoms with Crippen LogP contribution < -0.4 is 0 Å². The predicted octanol–water partition coefficient (Wildman–Crippen LogP) is 4.40. The maximum absolute atomic E-state index is 6.00. The van der Waals surface area contributed by atoms with Crippen molar-refractivity contribution in [1.82, 2.24) is 0 Å². The van der Waals surface area contributed by atoms with Crippen LogP contribution in [-0.2, 0) is 16.0 Å². The molecule has 0 amide bonds. The van der Waals surface area contributed by atoms with Gasteiger partial charge < -0.3 is 9.39 Å². The molecule has 0 saturated carbocycles. The summed E-state index contributed by atoms with van der Waals surface area (Å²) in [4.78, 5) is 0. The number of hydrogen-bond donors (Lipinski definition) is 0. The molecule has 0 fully saturated rings. The molecule has 0 aliphatic carbocycles. The van der Waals surface area contributed by atoms with Crippen LogP contribution in [-0.4, -0.2) is 13.0 Å². The Morgan fingerprint density at radius 2 is 1.84 bits per heavy atom. The molecule has 0 aliphatic heterocycles. The van der Waals surface area contributed by atoms with Gasteiger partial charge in [-0.2, -0.15) is 0 Å². The lowest BCUT2D eigenvalue weighted by atomic mass is 9.75. The Labute approximate surface area is 117 Å². The van der Waals surface area contributed by atoms with Crippen molar-refractivity contribution in [3.05, 3.63) is 48.2 Å². The maximum atomic E-state index is 6.00. The van der Waals surface area contributed by atoms with Gasteiger partial charge >= 0.3 is 6.92 Å². The summed E-state index contributed by atoms with van der Waals surface area (Å²) in [7, 11) is 0. The zero-order valence-corrected chi connectivity index (χ0v) is 12.6. The molecule has 0 bridgehead atoms. The van der Waals surface area contributed by atoms with E-state index in [2.05, 4.69) is 32.6 Å². The zero-order valence-electron chi connectivity index (χ0n) is 12.6. The Morgan fingerprint density at radius 3 is 2.37 bits per heavy atom. The third-order valence-electron chi connectivity index (χ3n) is 2.88. The minimum atomic E-state index is 0.145. The molecule has 0 aromatic heterocycles. The van der Waals surface area contributed by atoms with E-state index in [4.69, 9.17) is 9.39 Å². The van der Waals surface area contributed by atoms with Gasteiger partial charge in [0.1, 0.15) is 0 Å². The van der Waals surface area contributed by atoms with E-state index in [1.807, 2.05) is 31.8 Å². The van der Waals surface area contributed by atoms with Crippen molar-refractivity contribution in [2.75, 3.05) is 0 Å². The third kappa shape index (κ3) is 6.49. The van der Waals surface area contributed by atoms with Crippen molar-refractivity contribution in [3.63, 3.8) is 0 Å². The molecule has 2 nitrogen and oxygen atoms in total. The third-order valence-corrected chi connectivity index (χ3v) is 2.88. The van der Waals surface area contributed by atoms with Gasteiger partial charge in [-0.3, -0.25) is 0 Å². The lowest BCUT2D eigenvalue weighted by Crippen LogP contribution is -2.22. The van der Waals surface area contributed by atoms with Crippen LogP contribution in [0, 0.1) is 5.92 Å². The monoisotopic (exact) mass is 260 g/mol. The first kappa shape index (κ1) is 15.8. The fourth-order valence-electron chi connectivity index (χ4n) is 1.87. The topological polar surface area (TPSA) is 18.5 Å². The summed E-state index contributed by atoms with van der Waals surface area (Å²) >= 11 is 0. The first-order valence-electron chi connectivity index (χ1n) is 6.99. The first-order chi connectivity index (χ1) is 8.99. The van der Waals surface area contributed by atoms with E-state index in [0.717, 1.165) is 12.2 Å². The highest BCUT2D eigenvalue weighted by Crippen LogP contribution is 2.18. The number of ether oxygens (including phenoxy) is 1.